The van der Waals surface area contributed by atoms with E-state index in [2.05, 4.69) is 5.32 Å². The lowest BCUT2D eigenvalue weighted by atomic mass is 10.1. The van der Waals surface area contributed by atoms with Crippen LogP contribution in [-0.2, 0) is 14.4 Å². The van der Waals surface area contributed by atoms with Crippen molar-refractivity contribution in [3.63, 3.8) is 0 Å². The van der Waals surface area contributed by atoms with E-state index < -0.39 is 36.1 Å². The van der Waals surface area contributed by atoms with Crippen molar-refractivity contribution >= 4 is 28.8 Å². The van der Waals surface area contributed by atoms with Crippen LogP contribution in [0.25, 0.3) is 11.0 Å². The molecule has 0 saturated carbocycles. The Labute approximate surface area is 153 Å². The number of carboxylic acid groups (broad SMARTS) is 2. The first kappa shape index (κ1) is 20.0. The van der Waals surface area contributed by atoms with Gasteiger partial charge in [0.05, 0.1) is 0 Å². The van der Waals surface area contributed by atoms with Gasteiger partial charge in [0.2, 0.25) is 0 Å². The molecule has 0 aliphatic carbocycles. The molecule has 1 amide bonds. The van der Waals surface area contributed by atoms with Crippen molar-refractivity contribution in [1.82, 2.24) is 5.32 Å². The number of amides is 1. The van der Waals surface area contributed by atoms with E-state index in [4.69, 9.17) is 19.4 Å². The molecule has 144 valence electrons. The van der Waals surface area contributed by atoms with Crippen LogP contribution in [0.3, 0.4) is 0 Å². The Kier molecular flexibility index (Phi) is 6.17. The number of nitrogens with one attached hydrogen (secondary N) is 1. The van der Waals surface area contributed by atoms with Gasteiger partial charge in [0.25, 0.3) is 5.91 Å². The van der Waals surface area contributed by atoms with Crippen LogP contribution in [-0.4, -0.2) is 40.7 Å². The Balaban J connectivity index is 2.04. The van der Waals surface area contributed by atoms with Gasteiger partial charge in [-0.2, -0.15) is 0 Å². The first-order valence-corrected chi connectivity index (χ1v) is 8.10. The van der Waals surface area contributed by atoms with E-state index in [0.717, 1.165) is 10.9 Å². The molecule has 9 nitrogen and oxygen atoms in total. The van der Waals surface area contributed by atoms with Gasteiger partial charge < -0.3 is 24.7 Å². The molecule has 1 aromatic heterocycles. The van der Waals surface area contributed by atoms with Gasteiger partial charge in [-0.1, -0.05) is 0 Å². The third-order valence-electron chi connectivity index (χ3n) is 4.08. The number of carbonyl (C=O) groups excluding carboxylic acids is 1. The summed E-state index contributed by atoms with van der Waals surface area (Å²) >= 11 is 0. The molecule has 1 aromatic carbocycles. The molecule has 1 atom stereocenters. The minimum Gasteiger partial charge on any atom is -0.484 e. The lowest BCUT2D eigenvalue weighted by Crippen LogP contribution is -2.43. The summed E-state index contributed by atoms with van der Waals surface area (Å²) in [5.41, 5.74) is 1.15. The van der Waals surface area contributed by atoms with E-state index >= 15 is 0 Å². The summed E-state index contributed by atoms with van der Waals surface area (Å²) in [5.74, 6) is -2.94. The molecule has 0 bridgehead atoms. The summed E-state index contributed by atoms with van der Waals surface area (Å²) in [4.78, 5) is 45.2. The number of rotatable bonds is 8. The Morgan fingerprint density at radius 1 is 1.19 bits per heavy atom. The van der Waals surface area contributed by atoms with Gasteiger partial charge in [0, 0.05) is 23.4 Å². The molecule has 3 N–H and O–H groups in total. The SMILES string of the molecule is Cc1c(C)c2ccc(OCC(=O)NC(CCC(=O)O)C(=O)O)cc2oc1=O. The highest BCUT2D eigenvalue weighted by molar-refractivity contribution is 5.85. The van der Waals surface area contributed by atoms with E-state index in [1.807, 2.05) is 0 Å². The molecule has 0 aliphatic heterocycles. The monoisotopic (exact) mass is 377 g/mol. The van der Waals surface area contributed by atoms with Crippen molar-refractivity contribution < 1.29 is 33.8 Å². The number of hydrogen-bond donors (Lipinski definition) is 3. The average Bonchev–Trinajstić information content (AvgIpc) is 2.61. The predicted molar refractivity (Wildman–Crippen MR) is 93.9 cm³/mol. The first-order chi connectivity index (χ1) is 12.7. The Bertz CT molecular complexity index is 946. The van der Waals surface area contributed by atoms with Gasteiger partial charge in [-0.15, -0.1) is 0 Å². The molecule has 0 saturated heterocycles. The van der Waals surface area contributed by atoms with Gasteiger partial charge in [-0.05, 0) is 38.0 Å². The van der Waals surface area contributed by atoms with Gasteiger partial charge >= 0.3 is 17.6 Å². The minimum atomic E-state index is -1.33. The van der Waals surface area contributed by atoms with Gasteiger partial charge in [-0.3, -0.25) is 9.59 Å². The topological polar surface area (TPSA) is 143 Å². The lowest BCUT2D eigenvalue weighted by Gasteiger charge is -2.14. The average molecular weight is 377 g/mol. The molecule has 9 heteroatoms. The lowest BCUT2D eigenvalue weighted by molar-refractivity contribution is -0.143. The maximum absolute atomic E-state index is 11.9. The number of carbonyl (C=O) groups is 3. The van der Waals surface area contributed by atoms with Crippen LogP contribution < -0.4 is 15.7 Å². The molecule has 2 aromatic rings. The molecule has 1 heterocycles. The highest BCUT2D eigenvalue weighted by atomic mass is 16.5. The summed E-state index contributed by atoms with van der Waals surface area (Å²) < 4.78 is 10.5. The normalized spacial score (nSPS) is 11.8. The second kappa shape index (κ2) is 8.35. The number of benzene rings is 1. The molecule has 0 fully saturated rings. The van der Waals surface area contributed by atoms with Crippen molar-refractivity contribution in [2.45, 2.75) is 32.7 Å². The van der Waals surface area contributed by atoms with Crippen molar-refractivity contribution in [2.24, 2.45) is 0 Å². The van der Waals surface area contributed by atoms with E-state index in [-0.39, 0.29) is 18.6 Å². The van der Waals surface area contributed by atoms with Crippen LogP contribution in [0.2, 0.25) is 0 Å². The zero-order valence-corrected chi connectivity index (χ0v) is 14.8. The fraction of sp³-hybridized carbons (Fsp3) is 0.333. The fourth-order valence-electron chi connectivity index (χ4n) is 2.43. The molecule has 27 heavy (non-hydrogen) atoms. The highest BCUT2D eigenvalue weighted by Crippen LogP contribution is 2.23. The highest BCUT2D eigenvalue weighted by Gasteiger charge is 2.21. The summed E-state index contributed by atoms with van der Waals surface area (Å²) in [5, 5.41) is 20.6. The molecular weight excluding hydrogens is 358 g/mol. The molecule has 0 spiro atoms. The van der Waals surface area contributed by atoms with E-state index in [1.54, 1.807) is 26.0 Å². The quantitative estimate of drug-likeness (QED) is 0.583. The predicted octanol–water partition coefficient (Wildman–Crippen LogP) is 1.22. The Morgan fingerprint density at radius 2 is 1.89 bits per heavy atom. The standard InChI is InChI=1S/C18H19NO8/c1-9-10(2)18(25)27-14-7-11(3-4-12(9)14)26-8-15(20)19-13(17(23)24)5-6-16(21)22/h3-4,7,13H,5-6,8H2,1-2H3,(H,19,20)(H,21,22)(H,23,24). The fourth-order valence-corrected chi connectivity index (χ4v) is 2.43. The summed E-state index contributed by atoms with van der Waals surface area (Å²) in [6.45, 7) is 2.99. The van der Waals surface area contributed by atoms with Crippen molar-refractivity contribution in [3.05, 3.63) is 39.7 Å². The smallest absolute Gasteiger partial charge is 0.339 e. The van der Waals surface area contributed by atoms with Gasteiger partial charge in [-0.25, -0.2) is 9.59 Å². The van der Waals surface area contributed by atoms with Crippen LogP contribution in [0.15, 0.2) is 27.4 Å². The largest absolute Gasteiger partial charge is 0.484 e. The first-order valence-electron chi connectivity index (χ1n) is 8.10. The van der Waals surface area contributed by atoms with E-state index in [9.17, 15) is 19.2 Å². The van der Waals surface area contributed by atoms with Crippen LogP contribution in [0.5, 0.6) is 5.75 Å². The van der Waals surface area contributed by atoms with E-state index in [1.165, 1.54) is 6.07 Å². The van der Waals surface area contributed by atoms with Crippen molar-refractivity contribution in [2.75, 3.05) is 6.61 Å². The van der Waals surface area contributed by atoms with Gasteiger partial charge in [0.15, 0.2) is 6.61 Å². The molecule has 1 unspecified atom stereocenters. The minimum absolute atomic E-state index is 0.240. The second-order valence-corrected chi connectivity index (χ2v) is 5.98. The number of carboxylic acids is 2. The molecule has 2 rings (SSSR count). The summed E-state index contributed by atoms with van der Waals surface area (Å²) in [6.07, 6.45) is -0.628. The number of aliphatic carboxylic acids is 2. The maximum Gasteiger partial charge on any atom is 0.339 e. The zero-order chi connectivity index (χ0) is 20.1. The van der Waals surface area contributed by atoms with Crippen molar-refractivity contribution in [3.8, 4) is 5.75 Å². The molecule has 0 radical (unpaired) electrons. The third-order valence-corrected chi connectivity index (χ3v) is 4.08. The van der Waals surface area contributed by atoms with Crippen molar-refractivity contribution in [1.29, 1.82) is 0 Å². The summed E-state index contributed by atoms with van der Waals surface area (Å²) in [6, 6.07) is 3.44. The van der Waals surface area contributed by atoms with Crippen LogP contribution in [0.1, 0.15) is 24.0 Å². The number of aryl methyl sites for hydroxylation is 1. The maximum atomic E-state index is 11.9. The number of fused-ring (bicyclic) bond motifs is 1. The number of hydrogen-bond acceptors (Lipinski definition) is 6. The van der Waals surface area contributed by atoms with Crippen LogP contribution in [0.4, 0.5) is 0 Å². The van der Waals surface area contributed by atoms with Gasteiger partial charge in [0.1, 0.15) is 17.4 Å². The second-order valence-electron chi connectivity index (χ2n) is 5.98. The Hall–Kier alpha value is -3.36. The molecule has 0 aliphatic rings. The summed E-state index contributed by atoms with van der Waals surface area (Å²) in [7, 11) is 0. The number of ether oxygens (including phenoxy) is 1. The zero-order valence-electron chi connectivity index (χ0n) is 14.8. The van der Waals surface area contributed by atoms with Crippen LogP contribution in [0, 0.1) is 13.8 Å². The van der Waals surface area contributed by atoms with Crippen LogP contribution >= 0.6 is 0 Å². The molecular formula is C18H19NO8. The third kappa shape index (κ3) is 5.06. The Morgan fingerprint density at radius 3 is 2.52 bits per heavy atom. The van der Waals surface area contributed by atoms with E-state index in [0.29, 0.717) is 11.1 Å².